The molecule has 0 aromatic rings. The Hall–Kier alpha value is -0.570. The van der Waals surface area contributed by atoms with Crippen LogP contribution in [-0.2, 0) is 4.79 Å². The van der Waals surface area contributed by atoms with Crippen molar-refractivity contribution in [3.63, 3.8) is 0 Å². The summed E-state index contributed by atoms with van der Waals surface area (Å²) in [7, 11) is 0. The number of carboxylic acid groups (broad SMARTS) is 1. The topological polar surface area (TPSA) is 57.5 Å². The molecule has 3 heteroatoms. The summed E-state index contributed by atoms with van der Waals surface area (Å²) in [6, 6.07) is 0. The van der Waals surface area contributed by atoms with Crippen LogP contribution in [0.25, 0.3) is 0 Å². The van der Waals surface area contributed by atoms with E-state index in [1.54, 1.807) is 0 Å². The van der Waals surface area contributed by atoms with E-state index in [0.29, 0.717) is 23.2 Å². The van der Waals surface area contributed by atoms with Gasteiger partial charge in [0.15, 0.2) is 0 Å². The van der Waals surface area contributed by atoms with Gasteiger partial charge in [0.1, 0.15) is 0 Å². The first-order valence-corrected chi connectivity index (χ1v) is 14.1. The van der Waals surface area contributed by atoms with Gasteiger partial charge in [-0.15, -0.1) is 0 Å². The summed E-state index contributed by atoms with van der Waals surface area (Å²) in [6.45, 7) is 17.3. The zero-order chi connectivity index (χ0) is 24.2. The van der Waals surface area contributed by atoms with Crippen LogP contribution in [0.4, 0.5) is 0 Å². The lowest BCUT2D eigenvalue weighted by Gasteiger charge is -2.74. The number of aliphatic hydroxyl groups is 1. The summed E-state index contributed by atoms with van der Waals surface area (Å²) >= 11 is 0. The Morgan fingerprint density at radius 1 is 0.697 bits per heavy atom. The molecule has 5 fully saturated rings. The molecule has 10 unspecified atom stereocenters. The molecule has 33 heavy (non-hydrogen) atoms. The maximum atomic E-state index is 12.9. The van der Waals surface area contributed by atoms with Crippen molar-refractivity contribution in [2.75, 3.05) is 0 Å². The van der Waals surface area contributed by atoms with E-state index in [4.69, 9.17) is 0 Å². The second kappa shape index (κ2) is 7.01. The predicted octanol–water partition coefficient (Wildman–Crippen LogP) is 7.31. The van der Waals surface area contributed by atoms with Crippen molar-refractivity contribution in [3.05, 3.63) is 0 Å². The highest BCUT2D eigenvalue weighted by Crippen LogP contribution is 2.78. The number of aliphatic hydroxyl groups excluding tert-OH is 1. The van der Waals surface area contributed by atoms with Crippen LogP contribution in [0.3, 0.4) is 0 Å². The minimum absolute atomic E-state index is 0.0963. The van der Waals surface area contributed by atoms with Gasteiger partial charge in [0.2, 0.25) is 0 Å². The number of aliphatic carboxylic acids is 1. The predicted molar refractivity (Wildman–Crippen MR) is 133 cm³/mol. The standard InChI is InChI=1S/C30H50O3/c1-19-20(31)8-9-21-26(19,4)11-10-22-27(21,5)13-14-29(7)23-18-25(2,3)12-16-30(23,24(32)33)17-15-28(22,29)6/h19-23,31H,8-18H2,1-7H3,(H,32,33). The molecule has 0 aromatic heterocycles. The van der Waals surface area contributed by atoms with E-state index in [9.17, 15) is 15.0 Å². The van der Waals surface area contributed by atoms with Crippen LogP contribution in [0.5, 0.6) is 0 Å². The van der Waals surface area contributed by atoms with Gasteiger partial charge in [0, 0.05) is 0 Å². The molecule has 10 atom stereocenters. The fourth-order valence-electron chi connectivity index (χ4n) is 11.4. The third-order valence-electron chi connectivity index (χ3n) is 13.9. The number of hydrogen-bond donors (Lipinski definition) is 2. The normalized spacial score (nSPS) is 57.8. The largest absolute Gasteiger partial charge is 0.481 e. The molecule has 0 spiro atoms. The zero-order valence-corrected chi connectivity index (χ0v) is 22.5. The van der Waals surface area contributed by atoms with Crippen LogP contribution in [0.1, 0.15) is 119 Å². The van der Waals surface area contributed by atoms with Crippen LogP contribution in [0, 0.1) is 56.2 Å². The van der Waals surface area contributed by atoms with Gasteiger partial charge in [-0.2, -0.15) is 0 Å². The summed E-state index contributed by atoms with van der Waals surface area (Å²) in [5, 5.41) is 21.3. The van der Waals surface area contributed by atoms with E-state index in [2.05, 4.69) is 48.5 Å². The zero-order valence-electron chi connectivity index (χ0n) is 22.5. The molecule has 5 saturated carbocycles. The lowest BCUT2D eigenvalue weighted by atomic mass is 9.30. The molecule has 0 heterocycles. The summed E-state index contributed by atoms with van der Waals surface area (Å²) in [4.78, 5) is 12.9. The third-order valence-corrected chi connectivity index (χ3v) is 13.9. The van der Waals surface area contributed by atoms with E-state index in [1.165, 1.54) is 25.7 Å². The Balaban J connectivity index is 1.57. The van der Waals surface area contributed by atoms with E-state index in [1.807, 2.05) is 0 Å². The van der Waals surface area contributed by atoms with E-state index in [0.717, 1.165) is 44.9 Å². The van der Waals surface area contributed by atoms with Gasteiger partial charge in [-0.3, -0.25) is 4.79 Å². The average molecular weight is 459 g/mol. The van der Waals surface area contributed by atoms with Gasteiger partial charge in [0.05, 0.1) is 11.5 Å². The molecule has 3 nitrogen and oxygen atoms in total. The second-order valence-corrected chi connectivity index (χ2v) is 15.3. The third kappa shape index (κ3) is 2.87. The summed E-state index contributed by atoms with van der Waals surface area (Å²) in [6.07, 6.45) is 11.8. The van der Waals surface area contributed by atoms with Crippen LogP contribution in [0.2, 0.25) is 0 Å². The smallest absolute Gasteiger partial charge is 0.309 e. The van der Waals surface area contributed by atoms with Crippen molar-refractivity contribution in [3.8, 4) is 0 Å². The Labute approximate surface area is 202 Å². The number of hydrogen-bond acceptors (Lipinski definition) is 2. The van der Waals surface area contributed by atoms with Gasteiger partial charge in [-0.1, -0.05) is 48.5 Å². The van der Waals surface area contributed by atoms with Gasteiger partial charge in [0.25, 0.3) is 0 Å². The molecule has 0 aliphatic heterocycles. The maximum absolute atomic E-state index is 12.9. The maximum Gasteiger partial charge on any atom is 0.309 e. The van der Waals surface area contributed by atoms with Gasteiger partial charge < -0.3 is 10.2 Å². The Bertz CT molecular complexity index is 834. The number of rotatable bonds is 1. The molecule has 2 N–H and O–H groups in total. The van der Waals surface area contributed by atoms with Crippen LogP contribution in [0.15, 0.2) is 0 Å². The summed E-state index contributed by atoms with van der Waals surface area (Å²) in [5.74, 6) is 1.50. The molecular formula is C30H50O3. The van der Waals surface area contributed by atoms with Gasteiger partial charge >= 0.3 is 5.97 Å². The minimum atomic E-state index is -0.510. The van der Waals surface area contributed by atoms with Crippen LogP contribution >= 0.6 is 0 Å². The molecule has 0 saturated heterocycles. The van der Waals surface area contributed by atoms with E-state index < -0.39 is 11.4 Å². The van der Waals surface area contributed by atoms with Gasteiger partial charge in [-0.25, -0.2) is 0 Å². The van der Waals surface area contributed by atoms with Crippen LogP contribution in [-0.4, -0.2) is 22.3 Å². The van der Waals surface area contributed by atoms with Crippen molar-refractivity contribution < 1.29 is 15.0 Å². The SMILES string of the molecule is CC1C(O)CCC2C1(C)CCC1C2(C)CCC2(C)C3CC(C)(C)CCC3(C(=O)O)CCC12C. The Kier molecular flexibility index (Phi) is 5.13. The van der Waals surface area contributed by atoms with Crippen molar-refractivity contribution in [2.24, 2.45) is 56.2 Å². The van der Waals surface area contributed by atoms with Crippen LogP contribution < -0.4 is 0 Å². The molecule has 0 amide bonds. The van der Waals surface area contributed by atoms with Gasteiger partial charge in [-0.05, 0) is 121 Å². The molecule has 188 valence electrons. The highest BCUT2D eigenvalue weighted by molar-refractivity contribution is 5.76. The van der Waals surface area contributed by atoms with E-state index >= 15 is 0 Å². The summed E-state index contributed by atoms with van der Waals surface area (Å²) in [5.41, 5.74) is 0.578. The van der Waals surface area contributed by atoms with Crippen molar-refractivity contribution in [1.82, 2.24) is 0 Å². The number of carboxylic acids is 1. The number of carbonyl (C=O) groups is 1. The molecule has 0 bridgehead atoms. The Morgan fingerprint density at radius 3 is 1.97 bits per heavy atom. The first-order chi connectivity index (χ1) is 15.2. The lowest BCUT2D eigenvalue weighted by molar-refractivity contribution is -0.265. The Morgan fingerprint density at radius 2 is 1.30 bits per heavy atom. The highest BCUT2D eigenvalue weighted by Gasteiger charge is 2.72. The number of fused-ring (bicyclic) bond motifs is 7. The molecule has 5 aliphatic rings. The minimum Gasteiger partial charge on any atom is -0.481 e. The first kappa shape index (κ1) is 24.1. The molecular weight excluding hydrogens is 408 g/mol. The fraction of sp³-hybridized carbons (Fsp3) is 0.967. The average Bonchev–Trinajstić information content (AvgIpc) is 2.73. The lowest BCUT2D eigenvalue weighted by Crippen LogP contribution is -2.69. The molecule has 0 aromatic carbocycles. The highest BCUT2D eigenvalue weighted by atomic mass is 16.4. The van der Waals surface area contributed by atoms with Crippen molar-refractivity contribution in [2.45, 2.75) is 125 Å². The van der Waals surface area contributed by atoms with E-state index in [-0.39, 0.29) is 33.7 Å². The quantitative estimate of drug-likeness (QED) is 0.433. The monoisotopic (exact) mass is 458 g/mol. The fourth-order valence-corrected chi connectivity index (χ4v) is 11.4. The second-order valence-electron chi connectivity index (χ2n) is 15.3. The summed E-state index contributed by atoms with van der Waals surface area (Å²) < 4.78 is 0. The molecule has 5 rings (SSSR count). The molecule has 0 radical (unpaired) electrons. The van der Waals surface area contributed by atoms with Crippen molar-refractivity contribution >= 4 is 5.97 Å². The van der Waals surface area contributed by atoms with Crippen molar-refractivity contribution in [1.29, 1.82) is 0 Å². The molecule has 5 aliphatic carbocycles. The first-order valence-electron chi connectivity index (χ1n) is 14.1.